The molecule has 2 rings (SSSR count). The monoisotopic (exact) mass is 300 g/mol. The van der Waals surface area contributed by atoms with E-state index in [1.54, 1.807) is 24.3 Å². The Morgan fingerprint density at radius 2 is 1.90 bits per heavy atom. The van der Waals surface area contributed by atoms with Gasteiger partial charge in [0.15, 0.2) is 5.11 Å². The first-order valence-corrected chi connectivity index (χ1v) is 6.89. The Balaban J connectivity index is 1.87. The number of hydrogen-bond donors (Lipinski definition) is 3. The van der Waals surface area contributed by atoms with Gasteiger partial charge in [-0.1, -0.05) is 24.3 Å². The number of benzene rings is 2. The van der Waals surface area contributed by atoms with Gasteiger partial charge in [0.1, 0.15) is 0 Å². The van der Waals surface area contributed by atoms with Crippen LogP contribution in [0.25, 0.3) is 0 Å². The summed E-state index contributed by atoms with van der Waals surface area (Å²) in [6, 6.07) is 14.6. The van der Waals surface area contributed by atoms with Crippen molar-refractivity contribution in [1.29, 1.82) is 0 Å². The number of anilines is 1. The topological polar surface area (TPSA) is 61.4 Å². The standard InChI is InChI=1S/C16H16N2O2S/c1-11-3-2-4-14(9-11)18-16(21)17-10-12-5-7-13(8-6-12)15(19)20/h2-9H,10H2,1H3,(H,19,20)(H2,17,18,21). The third-order valence-electron chi connectivity index (χ3n) is 2.93. The van der Waals surface area contributed by atoms with Gasteiger partial charge in [0.2, 0.25) is 0 Å². The summed E-state index contributed by atoms with van der Waals surface area (Å²) in [5.41, 5.74) is 3.34. The van der Waals surface area contributed by atoms with Crippen molar-refractivity contribution in [1.82, 2.24) is 5.32 Å². The van der Waals surface area contributed by atoms with Gasteiger partial charge < -0.3 is 15.7 Å². The van der Waals surface area contributed by atoms with E-state index in [1.807, 2.05) is 31.2 Å². The molecule has 0 aliphatic rings. The molecule has 4 nitrogen and oxygen atoms in total. The summed E-state index contributed by atoms with van der Waals surface area (Å²) in [4.78, 5) is 10.8. The van der Waals surface area contributed by atoms with Gasteiger partial charge >= 0.3 is 5.97 Å². The van der Waals surface area contributed by atoms with Gasteiger partial charge in [-0.3, -0.25) is 0 Å². The lowest BCUT2D eigenvalue weighted by atomic mass is 10.1. The van der Waals surface area contributed by atoms with Crippen LogP contribution in [-0.4, -0.2) is 16.2 Å². The van der Waals surface area contributed by atoms with Gasteiger partial charge in [0.05, 0.1) is 5.56 Å². The van der Waals surface area contributed by atoms with E-state index < -0.39 is 5.97 Å². The molecule has 0 spiro atoms. The van der Waals surface area contributed by atoms with Crippen LogP contribution in [0.2, 0.25) is 0 Å². The Morgan fingerprint density at radius 3 is 2.52 bits per heavy atom. The maximum Gasteiger partial charge on any atom is 0.335 e. The molecule has 2 aromatic carbocycles. The average Bonchev–Trinajstić information content (AvgIpc) is 2.45. The van der Waals surface area contributed by atoms with Gasteiger partial charge in [0.25, 0.3) is 0 Å². The second-order valence-electron chi connectivity index (χ2n) is 4.68. The smallest absolute Gasteiger partial charge is 0.335 e. The number of rotatable bonds is 4. The maximum atomic E-state index is 10.8. The molecular formula is C16H16N2O2S. The Labute approximate surface area is 128 Å². The molecular weight excluding hydrogens is 284 g/mol. The van der Waals surface area contributed by atoms with Crippen LogP contribution in [0.5, 0.6) is 0 Å². The molecule has 0 heterocycles. The number of aromatic carboxylic acids is 1. The highest BCUT2D eigenvalue weighted by atomic mass is 32.1. The van der Waals surface area contributed by atoms with Crippen LogP contribution >= 0.6 is 12.2 Å². The SMILES string of the molecule is Cc1cccc(NC(=S)NCc2ccc(C(=O)O)cc2)c1. The van der Waals surface area contributed by atoms with E-state index in [-0.39, 0.29) is 5.56 Å². The summed E-state index contributed by atoms with van der Waals surface area (Å²) >= 11 is 5.23. The van der Waals surface area contributed by atoms with Crippen LogP contribution in [-0.2, 0) is 6.54 Å². The molecule has 108 valence electrons. The van der Waals surface area contributed by atoms with Crippen LogP contribution in [0.3, 0.4) is 0 Å². The highest BCUT2D eigenvalue weighted by molar-refractivity contribution is 7.80. The van der Waals surface area contributed by atoms with Crippen molar-refractivity contribution < 1.29 is 9.90 Å². The van der Waals surface area contributed by atoms with Crippen LogP contribution in [0.4, 0.5) is 5.69 Å². The van der Waals surface area contributed by atoms with E-state index in [1.165, 1.54) is 0 Å². The number of aryl methyl sites for hydroxylation is 1. The van der Waals surface area contributed by atoms with Gasteiger partial charge in [-0.2, -0.15) is 0 Å². The molecule has 21 heavy (non-hydrogen) atoms. The molecule has 0 aromatic heterocycles. The van der Waals surface area contributed by atoms with E-state index >= 15 is 0 Å². The number of thiocarbonyl (C=S) groups is 1. The molecule has 0 fully saturated rings. The predicted molar refractivity (Wildman–Crippen MR) is 87.6 cm³/mol. The van der Waals surface area contributed by atoms with Gasteiger partial charge in [-0.05, 0) is 54.5 Å². The largest absolute Gasteiger partial charge is 0.478 e. The van der Waals surface area contributed by atoms with Crippen molar-refractivity contribution in [3.05, 3.63) is 65.2 Å². The van der Waals surface area contributed by atoms with Crippen LogP contribution in [0, 0.1) is 6.92 Å². The minimum absolute atomic E-state index is 0.277. The fourth-order valence-electron chi connectivity index (χ4n) is 1.85. The number of nitrogens with one attached hydrogen (secondary N) is 2. The molecule has 3 N–H and O–H groups in total. The van der Waals surface area contributed by atoms with Crippen molar-refractivity contribution in [2.45, 2.75) is 13.5 Å². The molecule has 0 saturated heterocycles. The predicted octanol–water partition coefficient (Wildman–Crippen LogP) is 3.18. The fourth-order valence-corrected chi connectivity index (χ4v) is 2.04. The molecule has 0 aliphatic heterocycles. The van der Waals surface area contributed by atoms with E-state index in [9.17, 15) is 4.79 Å². The molecule has 0 atom stereocenters. The average molecular weight is 300 g/mol. The lowest BCUT2D eigenvalue weighted by Crippen LogP contribution is -2.27. The Bertz CT molecular complexity index is 654. The van der Waals surface area contributed by atoms with Crippen molar-refractivity contribution in [2.75, 3.05) is 5.32 Å². The van der Waals surface area contributed by atoms with E-state index in [0.29, 0.717) is 11.7 Å². The van der Waals surface area contributed by atoms with E-state index in [2.05, 4.69) is 10.6 Å². The third kappa shape index (κ3) is 4.57. The molecule has 0 aliphatic carbocycles. The number of hydrogen-bond acceptors (Lipinski definition) is 2. The van der Waals surface area contributed by atoms with Gasteiger partial charge in [-0.15, -0.1) is 0 Å². The lowest BCUT2D eigenvalue weighted by molar-refractivity contribution is 0.0697. The summed E-state index contributed by atoms with van der Waals surface area (Å²) in [5, 5.41) is 15.6. The first-order valence-electron chi connectivity index (χ1n) is 6.48. The molecule has 0 radical (unpaired) electrons. The summed E-state index contributed by atoms with van der Waals surface area (Å²) in [6.45, 7) is 2.56. The minimum Gasteiger partial charge on any atom is -0.478 e. The van der Waals surface area contributed by atoms with Gasteiger partial charge in [0, 0.05) is 12.2 Å². The summed E-state index contributed by atoms with van der Waals surface area (Å²) in [6.07, 6.45) is 0. The Morgan fingerprint density at radius 1 is 1.19 bits per heavy atom. The normalized spacial score (nSPS) is 9.95. The van der Waals surface area contributed by atoms with Gasteiger partial charge in [-0.25, -0.2) is 4.79 Å². The highest BCUT2D eigenvalue weighted by Gasteiger charge is 2.02. The van der Waals surface area contributed by atoms with Crippen LogP contribution in [0.1, 0.15) is 21.5 Å². The summed E-state index contributed by atoms with van der Waals surface area (Å²) < 4.78 is 0. The van der Waals surface area contributed by atoms with Crippen LogP contribution in [0.15, 0.2) is 48.5 Å². The molecule has 0 bridgehead atoms. The number of carbonyl (C=O) groups is 1. The first kappa shape index (κ1) is 15.0. The Kier molecular flexibility index (Phi) is 4.90. The van der Waals surface area contributed by atoms with Crippen molar-refractivity contribution in [2.24, 2.45) is 0 Å². The van der Waals surface area contributed by atoms with Crippen molar-refractivity contribution >= 4 is 29.0 Å². The summed E-state index contributed by atoms with van der Waals surface area (Å²) in [5.74, 6) is -0.925. The zero-order chi connectivity index (χ0) is 15.2. The summed E-state index contributed by atoms with van der Waals surface area (Å²) in [7, 11) is 0. The third-order valence-corrected chi connectivity index (χ3v) is 3.18. The highest BCUT2D eigenvalue weighted by Crippen LogP contribution is 2.09. The second kappa shape index (κ2) is 6.85. The minimum atomic E-state index is -0.925. The van der Waals surface area contributed by atoms with E-state index in [4.69, 9.17) is 17.3 Å². The molecule has 5 heteroatoms. The first-order chi connectivity index (χ1) is 10.0. The molecule has 0 amide bonds. The zero-order valence-electron chi connectivity index (χ0n) is 11.6. The molecule has 0 saturated carbocycles. The zero-order valence-corrected chi connectivity index (χ0v) is 12.4. The number of carboxylic acid groups (broad SMARTS) is 1. The maximum absolute atomic E-state index is 10.8. The van der Waals surface area contributed by atoms with Crippen LogP contribution < -0.4 is 10.6 Å². The lowest BCUT2D eigenvalue weighted by Gasteiger charge is -2.11. The second-order valence-corrected chi connectivity index (χ2v) is 5.09. The quantitative estimate of drug-likeness (QED) is 0.757. The number of carboxylic acids is 1. The van der Waals surface area contributed by atoms with Crippen molar-refractivity contribution in [3.8, 4) is 0 Å². The van der Waals surface area contributed by atoms with Crippen molar-refractivity contribution in [3.63, 3.8) is 0 Å². The van der Waals surface area contributed by atoms with E-state index in [0.717, 1.165) is 16.8 Å². The molecule has 0 unspecified atom stereocenters. The Hall–Kier alpha value is -2.40. The fraction of sp³-hybridized carbons (Fsp3) is 0.125. The molecule has 2 aromatic rings.